The summed E-state index contributed by atoms with van der Waals surface area (Å²) in [6.45, 7) is -0.965. The van der Waals surface area contributed by atoms with Crippen LogP contribution in [0.2, 0.25) is 0 Å². The van der Waals surface area contributed by atoms with Crippen molar-refractivity contribution in [1.29, 1.82) is 0 Å². The highest BCUT2D eigenvalue weighted by molar-refractivity contribution is 5.90. The zero-order valence-electron chi connectivity index (χ0n) is 3.73. The largest absolute Gasteiger partial charge is 0.404 e. The zero-order valence-corrected chi connectivity index (χ0v) is 3.73. The molecule has 0 spiro atoms. The maximum Gasteiger partial charge on any atom is 0.188 e. The number of carbonyl (C=O) groups is 1. The number of hydrogen-bond donors (Lipinski definition) is 1. The van der Waals surface area contributed by atoms with E-state index in [-0.39, 0.29) is 0 Å². The van der Waals surface area contributed by atoms with Crippen LogP contribution >= 0.6 is 0 Å². The van der Waals surface area contributed by atoms with Gasteiger partial charge in [0.25, 0.3) is 0 Å². The van der Waals surface area contributed by atoms with Crippen molar-refractivity contribution in [3.8, 4) is 0 Å². The summed E-state index contributed by atoms with van der Waals surface area (Å²) in [4.78, 5) is 9.87. The standard InChI is InChI=1S/C4H6FNO/c5-3-4(7)1-2-6/h1-2H,3,6H2/b2-1-. The SMILES string of the molecule is N/C=C\C(=O)CF. The summed E-state index contributed by atoms with van der Waals surface area (Å²) in [5.74, 6) is -0.595. The Labute approximate surface area is 40.8 Å². The van der Waals surface area contributed by atoms with Gasteiger partial charge in [-0.05, 0) is 12.3 Å². The lowest BCUT2D eigenvalue weighted by Crippen LogP contribution is -1.94. The Bertz CT molecular complexity index is 89.7. The molecule has 0 aliphatic carbocycles. The first kappa shape index (κ1) is 6.14. The van der Waals surface area contributed by atoms with Crippen LogP contribution in [0.15, 0.2) is 12.3 Å². The van der Waals surface area contributed by atoms with E-state index in [1.807, 2.05) is 0 Å². The van der Waals surface area contributed by atoms with E-state index in [0.29, 0.717) is 0 Å². The highest BCUT2D eigenvalue weighted by Crippen LogP contribution is 1.72. The van der Waals surface area contributed by atoms with Gasteiger partial charge < -0.3 is 5.73 Å². The van der Waals surface area contributed by atoms with Crippen LogP contribution in [-0.2, 0) is 4.79 Å². The van der Waals surface area contributed by atoms with Crippen molar-refractivity contribution in [2.75, 3.05) is 6.67 Å². The van der Waals surface area contributed by atoms with E-state index in [2.05, 4.69) is 0 Å². The summed E-state index contributed by atoms with van der Waals surface area (Å²) in [6.07, 6.45) is 2.00. The van der Waals surface area contributed by atoms with Crippen molar-refractivity contribution in [2.24, 2.45) is 5.73 Å². The first-order valence-corrected chi connectivity index (χ1v) is 1.78. The van der Waals surface area contributed by atoms with Crippen LogP contribution < -0.4 is 5.73 Å². The molecular weight excluding hydrogens is 97.0 g/mol. The molecule has 0 radical (unpaired) electrons. The second kappa shape index (κ2) is 3.33. The molecule has 0 saturated carbocycles. The fraction of sp³-hybridized carbons (Fsp3) is 0.250. The van der Waals surface area contributed by atoms with Gasteiger partial charge >= 0.3 is 0 Å². The molecule has 0 unspecified atom stereocenters. The predicted molar refractivity (Wildman–Crippen MR) is 24.3 cm³/mol. The third-order valence-corrected chi connectivity index (χ3v) is 0.414. The van der Waals surface area contributed by atoms with Gasteiger partial charge in [-0.15, -0.1) is 0 Å². The van der Waals surface area contributed by atoms with Crippen LogP contribution in [0.1, 0.15) is 0 Å². The topological polar surface area (TPSA) is 43.1 Å². The number of ketones is 1. The molecule has 0 aliphatic rings. The minimum atomic E-state index is -0.965. The van der Waals surface area contributed by atoms with Gasteiger partial charge in [0.05, 0.1) is 0 Å². The molecule has 40 valence electrons. The number of halogens is 1. The van der Waals surface area contributed by atoms with Crippen LogP contribution in [0.4, 0.5) is 4.39 Å². The number of carbonyl (C=O) groups excluding carboxylic acids is 1. The van der Waals surface area contributed by atoms with Gasteiger partial charge in [-0.2, -0.15) is 0 Å². The molecule has 0 bridgehead atoms. The van der Waals surface area contributed by atoms with Crippen LogP contribution in [0.25, 0.3) is 0 Å². The smallest absolute Gasteiger partial charge is 0.188 e. The van der Waals surface area contributed by atoms with Gasteiger partial charge in [0.2, 0.25) is 0 Å². The maximum atomic E-state index is 11.1. The summed E-state index contributed by atoms with van der Waals surface area (Å²) in [5.41, 5.74) is 4.74. The number of nitrogens with two attached hydrogens (primary N) is 1. The van der Waals surface area contributed by atoms with Crippen LogP contribution in [0.5, 0.6) is 0 Å². The second-order valence-corrected chi connectivity index (χ2v) is 0.959. The van der Waals surface area contributed by atoms with E-state index in [0.717, 1.165) is 12.3 Å². The molecule has 0 saturated heterocycles. The van der Waals surface area contributed by atoms with E-state index in [9.17, 15) is 9.18 Å². The summed E-state index contributed by atoms with van der Waals surface area (Å²) in [5, 5.41) is 0. The summed E-state index contributed by atoms with van der Waals surface area (Å²) in [6, 6.07) is 0. The van der Waals surface area contributed by atoms with Gasteiger partial charge in [-0.1, -0.05) is 0 Å². The Balaban J connectivity index is 3.37. The Hall–Kier alpha value is -0.860. The highest BCUT2D eigenvalue weighted by Gasteiger charge is 1.88. The zero-order chi connectivity index (χ0) is 5.70. The fourth-order valence-electron chi connectivity index (χ4n) is 0.152. The van der Waals surface area contributed by atoms with Gasteiger partial charge in [0, 0.05) is 0 Å². The lowest BCUT2D eigenvalue weighted by molar-refractivity contribution is -0.115. The van der Waals surface area contributed by atoms with Crippen molar-refractivity contribution >= 4 is 5.78 Å². The highest BCUT2D eigenvalue weighted by atomic mass is 19.1. The van der Waals surface area contributed by atoms with Gasteiger partial charge in [-0.3, -0.25) is 4.79 Å². The van der Waals surface area contributed by atoms with Crippen LogP contribution in [-0.4, -0.2) is 12.5 Å². The average molecular weight is 103 g/mol. The summed E-state index contributed by atoms with van der Waals surface area (Å²) >= 11 is 0. The molecule has 0 atom stereocenters. The van der Waals surface area contributed by atoms with E-state index in [4.69, 9.17) is 5.73 Å². The Morgan fingerprint density at radius 3 is 2.57 bits per heavy atom. The van der Waals surface area contributed by atoms with E-state index < -0.39 is 12.5 Å². The van der Waals surface area contributed by atoms with Crippen LogP contribution in [0.3, 0.4) is 0 Å². The van der Waals surface area contributed by atoms with Crippen LogP contribution in [0, 0.1) is 0 Å². The van der Waals surface area contributed by atoms with Crippen molar-refractivity contribution in [2.45, 2.75) is 0 Å². The normalized spacial score (nSPS) is 9.86. The summed E-state index contributed by atoms with van der Waals surface area (Å²) < 4.78 is 11.1. The van der Waals surface area contributed by atoms with Crippen molar-refractivity contribution in [1.82, 2.24) is 0 Å². The van der Waals surface area contributed by atoms with Gasteiger partial charge in [-0.25, -0.2) is 4.39 Å². The van der Waals surface area contributed by atoms with E-state index in [1.54, 1.807) is 0 Å². The minimum absolute atomic E-state index is 0.595. The van der Waals surface area contributed by atoms with Crippen molar-refractivity contribution in [3.63, 3.8) is 0 Å². The van der Waals surface area contributed by atoms with E-state index in [1.165, 1.54) is 0 Å². The minimum Gasteiger partial charge on any atom is -0.404 e. The average Bonchev–Trinajstić information content (AvgIpc) is 1.68. The summed E-state index contributed by atoms with van der Waals surface area (Å²) in [7, 11) is 0. The fourth-order valence-corrected chi connectivity index (χ4v) is 0.152. The third-order valence-electron chi connectivity index (χ3n) is 0.414. The molecule has 7 heavy (non-hydrogen) atoms. The van der Waals surface area contributed by atoms with Gasteiger partial charge in [0.15, 0.2) is 12.5 Å². The number of rotatable bonds is 2. The molecule has 0 amide bonds. The lowest BCUT2D eigenvalue weighted by Gasteiger charge is -1.75. The Morgan fingerprint density at radius 2 is 2.43 bits per heavy atom. The molecule has 0 aromatic heterocycles. The number of allylic oxidation sites excluding steroid dienone is 1. The van der Waals surface area contributed by atoms with Gasteiger partial charge in [0.1, 0.15) is 0 Å². The molecule has 3 heteroatoms. The molecule has 0 aromatic rings. The molecule has 0 rings (SSSR count). The lowest BCUT2D eigenvalue weighted by atomic mass is 10.4. The third kappa shape index (κ3) is 2.96. The monoisotopic (exact) mass is 103 g/mol. The maximum absolute atomic E-state index is 11.1. The molecule has 0 heterocycles. The van der Waals surface area contributed by atoms with Crippen molar-refractivity contribution < 1.29 is 9.18 Å². The van der Waals surface area contributed by atoms with E-state index >= 15 is 0 Å². The molecule has 0 aromatic carbocycles. The Kier molecular flexibility index (Phi) is 2.92. The first-order valence-electron chi connectivity index (χ1n) is 1.78. The molecule has 2 nitrogen and oxygen atoms in total. The van der Waals surface area contributed by atoms with Crippen molar-refractivity contribution in [3.05, 3.63) is 12.3 Å². The molecule has 0 aliphatic heterocycles. The molecule has 2 N–H and O–H groups in total. The quantitative estimate of drug-likeness (QED) is 0.500. The second-order valence-electron chi connectivity index (χ2n) is 0.959. The Morgan fingerprint density at radius 1 is 1.86 bits per heavy atom. The molecule has 0 fully saturated rings. The number of alkyl halides is 1. The predicted octanol–water partition coefficient (Wildman–Crippen LogP) is -0.00260. The molecular formula is C4H6FNO. The first-order chi connectivity index (χ1) is 3.31. The number of hydrogen-bond acceptors (Lipinski definition) is 2.